The van der Waals surface area contributed by atoms with Crippen molar-refractivity contribution >= 4 is 31.8 Å². The van der Waals surface area contributed by atoms with E-state index in [0.717, 1.165) is 16.7 Å². The number of nitrogen functional groups attached to an aromatic ring is 1. The first-order chi connectivity index (χ1) is 21.1. The number of nitrogens with zero attached hydrogens (tertiary/aromatic N) is 2. The number of nitrogens with two attached hydrogens (primary N) is 1. The molecule has 1 fully saturated rings. The van der Waals surface area contributed by atoms with Gasteiger partial charge in [0.25, 0.3) is 0 Å². The number of hydrogen-bond acceptors (Lipinski definition) is 10. The van der Waals surface area contributed by atoms with Crippen LogP contribution in [0, 0.1) is 5.41 Å². The predicted octanol–water partition coefficient (Wildman–Crippen LogP) is 0.996. The molecule has 13 nitrogen and oxygen atoms in total. The highest BCUT2D eigenvalue weighted by Crippen LogP contribution is 2.29. The third-order valence-electron chi connectivity index (χ3n) is 7.64. The summed E-state index contributed by atoms with van der Waals surface area (Å²) in [5.74, 6) is 0. The number of amides is 1. The van der Waals surface area contributed by atoms with E-state index in [0.29, 0.717) is 24.9 Å². The van der Waals surface area contributed by atoms with Crippen molar-refractivity contribution in [2.45, 2.75) is 62.6 Å². The number of aliphatic hydroxyl groups excluding tert-OH is 1. The number of nitrogens with one attached hydrogen (secondary N) is 1. The van der Waals surface area contributed by atoms with Gasteiger partial charge in [-0.15, -0.1) is 0 Å². The zero-order chi connectivity index (χ0) is 33.3. The minimum Gasteiger partial charge on any atom is -0.530 e. The largest absolute Gasteiger partial charge is 0.530 e. The number of ether oxygens (including phenoxy) is 2. The van der Waals surface area contributed by atoms with E-state index in [9.17, 15) is 31.8 Å². The summed E-state index contributed by atoms with van der Waals surface area (Å²) in [6.07, 6.45) is -0.118. The molecule has 0 bridgehead atoms. The van der Waals surface area contributed by atoms with Gasteiger partial charge in [-0.1, -0.05) is 50.6 Å². The normalized spacial score (nSPS) is 16.4. The van der Waals surface area contributed by atoms with Gasteiger partial charge in [0.05, 0.1) is 42.6 Å². The first-order valence-corrected chi connectivity index (χ1v) is 18.1. The summed E-state index contributed by atoms with van der Waals surface area (Å²) in [4.78, 5) is 13.5. The quantitative estimate of drug-likeness (QED) is 0.162. The number of rotatable bonds is 17. The third-order valence-corrected chi connectivity index (χ3v) is 10.2. The molecule has 1 saturated heterocycles. The van der Waals surface area contributed by atoms with Gasteiger partial charge < -0.3 is 35.1 Å². The zero-order valence-corrected chi connectivity index (χ0v) is 27.6. The van der Waals surface area contributed by atoms with Gasteiger partial charge in [0, 0.05) is 25.3 Å². The Hall–Kier alpha value is -2.79. The standard InChI is InChI=1S/C30H46N4O9S2/c1-30(2,15-7-8-16-32-44(3,38)39)21-33(45(40,41)26-13-11-24(31)12-14-26)18-28(35)27(17-23-9-5-4-6-10-23)34(29(36)37)25-19-42-22-43-20-25/h4-6,9-14,25,27-28,32,35H,7-8,15-22,31H2,1-3H3,(H,36,37)/p-1/t27-,28+/m0/s1. The van der Waals surface area contributed by atoms with Crippen molar-refractivity contribution in [3.8, 4) is 0 Å². The van der Waals surface area contributed by atoms with Crippen LogP contribution in [0.4, 0.5) is 10.5 Å². The maximum absolute atomic E-state index is 14.0. The summed E-state index contributed by atoms with van der Waals surface area (Å²) in [6.45, 7) is 3.69. The van der Waals surface area contributed by atoms with Crippen LogP contribution in [0.5, 0.6) is 0 Å². The summed E-state index contributed by atoms with van der Waals surface area (Å²) in [5.41, 5.74) is 6.32. The van der Waals surface area contributed by atoms with Gasteiger partial charge in [-0.2, -0.15) is 4.31 Å². The van der Waals surface area contributed by atoms with Crippen molar-refractivity contribution in [3.63, 3.8) is 0 Å². The zero-order valence-electron chi connectivity index (χ0n) is 26.0. The number of benzene rings is 2. The second-order valence-corrected chi connectivity index (χ2v) is 15.9. The van der Waals surface area contributed by atoms with Gasteiger partial charge in [0.2, 0.25) is 20.0 Å². The topological polar surface area (TPSA) is 192 Å². The Morgan fingerprint density at radius 2 is 1.69 bits per heavy atom. The van der Waals surface area contributed by atoms with Crippen LogP contribution in [0.1, 0.15) is 38.7 Å². The molecule has 0 saturated carbocycles. The third kappa shape index (κ3) is 11.5. The average molecular weight is 670 g/mol. The monoisotopic (exact) mass is 669 g/mol. The maximum atomic E-state index is 14.0. The minimum absolute atomic E-state index is 0.00466. The molecule has 252 valence electrons. The molecule has 2 aromatic carbocycles. The number of aliphatic hydroxyl groups is 1. The fraction of sp³-hybridized carbons (Fsp3) is 0.567. The van der Waals surface area contributed by atoms with E-state index in [-0.39, 0.29) is 44.4 Å². The van der Waals surface area contributed by atoms with Crippen LogP contribution in [0.15, 0.2) is 59.5 Å². The van der Waals surface area contributed by atoms with Crippen LogP contribution < -0.4 is 15.6 Å². The Morgan fingerprint density at radius 3 is 2.27 bits per heavy atom. The predicted molar refractivity (Wildman–Crippen MR) is 168 cm³/mol. The molecular formula is C30H45N4O9S2-. The summed E-state index contributed by atoms with van der Waals surface area (Å²) in [7, 11) is -7.50. The van der Waals surface area contributed by atoms with E-state index in [1.54, 1.807) is 24.3 Å². The smallest absolute Gasteiger partial charge is 0.243 e. The Balaban J connectivity index is 1.92. The molecule has 1 amide bonds. The van der Waals surface area contributed by atoms with Gasteiger partial charge in [-0.05, 0) is 54.5 Å². The van der Waals surface area contributed by atoms with E-state index >= 15 is 0 Å². The Kier molecular flexibility index (Phi) is 13.2. The molecule has 0 unspecified atom stereocenters. The second kappa shape index (κ2) is 16.2. The number of hydrogen-bond donors (Lipinski definition) is 3. The molecule has 4 N–H and O–H groups in total. The fourth-order valence-corrected chi connectivity index (χ4v) is 7.54. The molecule has 2 atom stereocenters. The van der Waals surface area contributed by atoms with Gasteiger partial charge in [0.1, 0.15) is 12.9 Å². The van der Waals surface area contributed by atoms with E-state index in [1.165, 1.54) is 28.6 Å². The van der Waals surface area contributed by atoms with Gasteiger partial charge in [-0.25, -0.2) is 21.6 Å². The molecule has 3 rings (SSSR count). The molecule has 0 spiro atoms. The number of carbonyl (C=O) groups excluding carboxylic acids is 1. The van der Waals surface area contributed by atoms with Crippen LogP contribution in [-0.4, -0.2) is 101 Å². The number of unbranched alkanes of at least 4 members (excludes halogenated alkanes) is 1. The summed E-state index contributed by atoms with van der Waals surface area (Å²) in [5, 5.41) is 24.3. The van der Waals surface area contributed by atoms with Crippen molar-refractivity contribution in [1.82, 2.24) is 13.9 Å². The lowest BCUT2D eigenvalue weighted by molar-refractivity contribution is -0.278. The first-order valence-electron chi connectivity index (χ1n) is 14.8. The van der Waals surface area contributed by atoms with Crippen molar-refractivity contribution in [2.24, 2.45) is 5.41 Å². The first kappa shape index (κ1) is 36.7. The number of sulfonamides is 2. The summed E-state index contributed by atoms with van der Waals surface area (Å²) >= 11 is 0. The highest BCUT2D eigenvalue weighted by atomic mass is 32.2. The highest BCUT2D eigenvalue weighted by Gasteiger charge is 2.38. The minimum atomic E-state index is -4.18. The van der Waals surface area contributed by atoms with Crippen LogP contribution in [-0.2, 0) is 35.9 Å². The maximum Gasteiger partial charge on any atom is 0.243 e. The van der Waals surface area contributed by atoms with Gasteiger partial charge in [-0.3, -0.25) is 0 Å². The molecular weight excluding hydrogens is 624 g/mol. The molecule has 0 radical (unpaired) electrons. The molecule has 0 aliphatic carbocycles. The molecule has 0 aromatic heterocycles. The molecule has 1 heterocycles. The molecule has 1 aliphatic heterocycles. The molecule has 1 aliphatic rings. The van der Waals surface area contributed by atoms with E-state index in [2.05, 4.69) is 4.72 Å². The van der Waals surface area contributed by atoms with Crippen molar-refractivity contribution in [1.29, 1.82) is 0 Å². The fourth-order valence-electron chi connectivity index (χ4n) is 5.38. The molecule has 2 aromatic rings. The van der Waals surface area contributed by atoms with Crippen molar-refractivity contribution < 1.29 is 41.3 Å². The Morgan fingerprint density at radius 1 is 1.07 bits per heavy atom. The van der Waals surface area contributed by atoms with E-state index in [1.807, 2.05) is 19.9 Å². The number of carbonyl (C=O) groups is 1. The van der Waals surface area contributed by atoms with Crippen molar-refractivity contribution in [2.75, 3.05) is 51.6 Å². The van der Waals surface area contributed by atoms with E-state index in [4.69, 9.17) is 15.2 Å². The van der Waals surface area contributed by atoms with Crippen LogP contribution in [0.2, 0.25) is 0 Å². The number of carboxylic acid groups (broad SMARTS) is 1. The van der Waals surface area contributed by atoms with Gasteiger partial charge >= 0.3 is 0 Å². The van der Waals surface area contributed by atoms with Gasteiger partial charge in [0.15, 0.2) is 0 Å². The summed E-state index contributed by atoms with van der Waals surface area (Å²) < 4.78 is 65.2. The average Bonchev–Trinajstić information content (AvgIpc) is 2.96. The van der Waals surface area contributed by atoms with Crippen LogP contribution in [0.3, 0.4) is 0 Å². The lowest BCUT2D eigenvalue weighted by Crippen LogP contribution is -2.62. The SMILES string of the molecule is CC(C)(CCCCNS(C)(=O)=O)CN(C[C@@H](O)[C@H](Cc1ccccc1)N(C(=O)[O-])C1COCOC1)S(=O)(=O)c1ccc(N)cc1. The summed E-state index contributed by atoms with van der Waals surface area (Å²) in [6, 6.07) is 12.8. The highest BCUT2D eigenvalue weighted by molar-refractivity contribution is 7.89. The second-order valence-electron chi connectivity index (χ2n) is 12.2. The lowest BCUT2D eigenvalue weighted by atomic mass is 9.87. The van der Waals surface area contributed by atoms with Crippen LogP contribution in [0.25, 0.3) is 0 Å². The molecule has 45 heavy (non-hydrogen) atoms. The number of anilines is 1. The van der Waals surface area contributed by atoms with Crippen LogP contribution >= 0.6 is 0 Å². The van der Waals surface area contributed by atoms with Crippen molar-refractivity contribution in [3.05, 3.63) is 60.2 Å². The molecule has 15 heteroatoms. The Bertz CT molecular complexity index is 1430. The van der Waals surface area contributed by atoms with E-state index < -0.39 is 56.3 Å². The Labute approximate surface area is 266 Å². The lowest BCUT2D eigenvalue weighted by Gasteiger charge is -2.44.